The van der Waals surface area contributed by atoms with Crippen LogP contribution < -0.4 is 10.6 Å². The Balaban J connectivity index is 1.59. The van der Waals surface area contributed by atoms with Crippen LogP contribution in [0.5, 0.6) is 0 Å². The highest BCUT2D eigenvalue weighted by molar-refractivity contribution is 5.95. The van der Waals surface area contributed by atoms with Crippen molar-refractivity contribution in [2.24, 2.45) is 5.92 Å². The molecule has 1 aromatic heterocycles. The van der Waals surface area contributed by atoms with Gasteiger partial charge in [0.1, 0.15) is 11.9 Å². The molecule has 1 saturated carbocycles. The number of aromatic nitrogens is 2. The number of carbonyl (C=O) groups excluding carboxylic acids is 2. The van der Waals surface area contributed by atoms with E-state index in [1.807, 2.05) is 0 Å². The summed E-state index contributed by atoms with van der Waals surface area (Å²) in [5.74, 6) is 0.169. The first-order valence-electron chi connectivity index (χ1n) is 6.94. The zero-order valence-electron chi connectivity index (χ0n) is 11.4. The monoisotopic (exact) mass is 285 g/mol. The maximum Gasteiger partial charge on any atom is 0.318 e. The van der Waals surface area contributed by atoms with E-state index in [0.717, 1.165) is 11.4 Å². The Bertz CT molecular complexity index is 638. The Hall–Kier alpha value is -2.44. The summed E-state index contributed by atoms with van der Waals surface area (Å²) in [6, 6.07) is 1.37. The van der Waals surface area contributed by atoms with E-state index in [2.05, 4.69) is 27.2 Å². The molecule has 21 heavy (non-hydrogen) atoms. The minimum atomic E-state index is -0.711. The molecule has 1 unspecified atom stereocenters. The number of urea groups is 1. The Labute approximate surface area is 121 Å². The molecule has 7 heteroatoms. The molecule has 0 aromatic carbocycles. The van der Waals surface area contributed by atoms with Crippen molar-refractivity contribution in [3.8, 4) is 0 Å². The van der Waals surface area contributed by atoms with E-state index in [4.69, 9.17) is 0 Å². The molecule has 3 saturated heterocycles. The number of fused-ring (bicyclic) bond motifs is 2. The third-order valence-electron chi connectivity index (χ3n) is 4.74. The van der Waals surface area contributed by atoms with Gasteiger partial charge in [-0.15, -0.1) is 0 Å². The summed E-state index contributed by atoms with van der Waals surface area (Å²) >= 11 is 0. The predicted octanol–water partition coefficient (Wildman–Crippen LogP) is 0.335. The Morgan fingerprint density at radius 2 is 2.19 bits per heavy atom. The molecule has 108 valence electrons. The predicted molar refractivity (Wildman–Crippen MR) is 72.7 cm³/mol. The SMILES string of the molecule is C=C1NC(=O)C2(N3CC(c4ccncn4)NC3=O)CC1C2. The summed E-state index contributed by atoms with van der Waals surface area (Å²) in [4.78, 5) is 34.3. The van der Waals surface area contributed by atoms with Crippen LogP contribution in [0, 0.1) is 5.92 Å². The van der Waals surface area contributed by atoms with Gasteiger partial charge in [0.25, 0.3) is 0 Å². The van der Waals surface area contributed by atoms with Gasteiger partial charge in [-0.25, -0.2) is 14.8 Å². The van der Waals surface area contributed by atoms with Gasteiger partial charge < -0.3 is 15.5 Å². The van der Waals surface area contributed by atoms with E-state index >= 15 is 0 Å². The van der Waals surface area contributed by atoms with Gasteiger partial charge >= 0.3 is 6.03 Å². The van der Waals surface area contributed by atoms with E-state index < -0.39 is 5.54 Å². The van der Waals surface area contributed by atoms with Crippen LogP contribution in [0.25, 0.3) is 0 Å². The molecule has 1 aliphatic carbocycles. The van der Waals surface area contributed by atoms with Crippen molar-refractivity contribution < 1.29 is 9.59 Å². The van der Waals surface area contributed by atoms with Crippen molar-refractivity contribution in [3.63, 3.8) is 0 Å². The number of amides is 3. The van der Waals surface area contributed by atoms with Gasteiger partial charge in [-0.3, -0.25) is 4.79 Å². The van der Waals surface area contributed by atoms with Crippen LogP contribution in [0.1, 0.15) is 24.6 Å². The molecule has 2 bridgehead atoms. The van der Waals surface area contributed by atoms with E-state index in [9.17, 15) is 9.59 Å². The molecule has 1 aromatic rings. The minimum absolute atomic E-state index is 0.117. The van der Waals surface area contributed by atoms with E-state index in [0.29, 0.717) is 19.4 Å². The second kappa shape index (κ2) is 4.03. The zero-order chi connectivity index (χ0) is 14.6. The first-order valence-corrected chi connectivity index (χ1v) is 6.94. The molecule has 1 atom stereocenters. The molecule has 3 amide bonds. The Morgan fingerprint density at radius 1 is 1.38 bits per heavy atom. The first kappa shape index (κ1) is 12.3. The van der Waals surface area contributed by atoms with Gasteiger partial charge in [-0.2, -0.15) is 0 Å². The molecular formula is C14H15N5O2. The molecule has 0 radical (unpaired) electrons. The molecule has 0 spiro atoms. The van der Waals surface area contributed by atoms with Gasteiger partial charge in [-0.1, -0.05) is 6.58 Å². The summed E-state index contributed by atoms with van der Waals surface area (Å²) in [7, 11) is 0. The fourth-order valence-electron chi connectivity index (χ4n) is 3.48. The average molecular weight is 285 g/mol. The highest BCUT2D eigenvalue weighted by Gasteiger charge is 2.61. The van der Waals surface area contributed by atoms with Crippen molar-refractivity contribution in [2.75, 3.05) is 6.54 Å². The number of hydrogen-bond donors (Lipinski definition) is 2. The molecule has 7 nitrogen and oxygen atoms in total. The molecule has 5 rings (SSSR count). The molecule has 4 heterocycles. The van der Waals surface area contributed by atoms with Crippen molar-refractivity contribution in [1.29, 1.82) is 0 Å². The molecule has 3 aliphatic heterocycles. The highest BCUT2D eigenvalue weighted by atomic mass is 16.2. The number of piperidine rings is 2. The molecular weight excluding hydrogens is 270 g/mol. The van der Waals surface area contributed by atoms with Crippen LogP contribution in [0.3, 0.4) is 0 Å². The zero-order valence-corrected chi connectivity index (χ0v) is 11.4. The van der Waals surface area contributed by atoms with Gasteiger partial charge in [0.05, 0.1) is 11.7 Å². The lowest BCUT2D eigenvalue weighted by atomic mass is 9.62. The lowest BCUT2D eigenvalue weighted by Gasteiger charge is -2.55. The summed E-state index contributed by atoms with van der Waals surface area (Å²) < 4.78 is 0. The second-order valence-electron chi connectivity index (χ2n) is 5.86. The normalized spacial score (nSPS) is 34.3. The van der Waals surface area contributed by atoms with Crippen molar-refractivity contribution in [3.05, 3.63) is 36.6 Å². The summed E-state index contributed by atoms with van der Waals surface area (Å²) in [5, 5.41) is 5.68. The smallest absolute Gasteiger partial charge is 0.318 e. The number of hydrogen-bond acceptors (Lipinski definition) is 4. The van der Waals surface area contributed by atoms with Crippen LogP contribution in [0.4, 0.5) is 4.79 Å². The summed E-state index contributed by atoms with van der Waals surface area (Å²) in [6.07, 6.45) is 4.44. The maximum atomic E-state index is 12.3. The summed E-state index contributed by atoms with van der Waals surface area (Å²) in [6.45, 7) is 4.30. The second-order valence-corrected chi connectivity index (χ2v) is 5.86. The average Bonchev–Trinajstić information content (AvgIpc) is 2.81. The third-order valence-corrected chi connectivity index (χ3v) is 4.74. The highest BCUT2D eigenvalue weighted by Crippen LogP contribution is 2.50. The van der Waals surface area contributed by atoms with Crippen molar-refractivity contribution >= 4 is 11.9 Å². The van der Waals surface area contributed by atoms with Crippen LogP contribution in [0.15, 0.2) is 30.9 Å². The van der Waals surface area contributed by atoms with Crippen LogP contribution in [0.2, 0.25) is 0 Å². The first-order chi connectivity index (χ1) is 10.1. The van der Waals surface area contributed by atoms with Crippen LogP contribution >= 0.6 is 0 Å². The maximum absolute atomic E-state index is 12.3. The number of allylic oxidation sites excluding steroid dienone is 1. The van der Waals surface area contributed by atoms with Gasteiger partial charge in [0.2, 0.25) is 5.91 Å². The van der Waals surface area contributed by atoms with Gasteiger partial charge in [-0.05, 0) is 18.9 Å². The summed E-state index contributed by atoms with van der Waals surface area (Å²) in [5.41, 5.74) is 0.820. The largest absolute Gasteiger partial charge is 0.328 e. The minimum Gasteiger partial charge on any atom is -0.328 e. The quantitative estimate of drug-likeness (QED) is 0.820. The molecule has 4 fully saturated rings. The standard InChI is InChI=1S/C14H15N5O2/c1-8-9-4-14(5-9,12(20)17-8)19-6-11(18-13(19)21)10-2-3-15-7-16-10/h2-3,7,9,11H,1,4-6H2,(H,17,20)(H,18,21). The number of nitrogens with one attached hydrogen (secondary N) is 2. The topological polar surface area (TPSA) is 87.2 Å². The van der Waals surface area contributed by atoms with Crippen LogP contribution in [-0.2, 0) is 4.79 Å². The molecule has 4 aliphatic rings. The van der Waals surface area contributed by atoms with Gasteiger partial charge in [0, 0.05) is 24.4 Å². The fourth-order valence-corrected chi connectivity index (χ4v) is 3.48. The van der Waals surface area contributed by atoms with Crippen molar-refractivity contribution in [1.82, 2.24) is 25.5 Å². The number of nitrogens with zero attached hydrogens (tertiary/aromatic N) is 3. The lowest BCUT2D eigenvalue weighted by Crippen LogP contribution is -2.70. The van der Waals surface area contributed by atoms with E-state index in [1.54, 1.807) is 17.2 Å². The number of carbonyl (C=O) groups is 2. The Kier molecular flexibility index (Phi) is 2.36. The third kappa shape index (κ3) is 1.60. The van der Waals surface area contributed by atoms with E-state index in [1.165, 1.54) is 6.33 Å². The van der Waals surface area contributed by atoms with E-state index in [-0.39, 0.29) is 23.9 Å². The fraction of sp³-hybridized carbons (Fsp3) is 0.429. The lowest BCUT2D eigenvalue weighted by molar-refractivity contribution is -0.143. The number of rotatable bonds is 2. The Morgan fingerprint density at radius 3 is 2.86 bits per heavy atom. The molecule has 2 N–H and O–H groups in total. The van der Waals surface area contributed by atoms with Crippen LogP contribution in [-0.4, -0.2) is 38.9 Å². The van der Waals surface area contributed by atoms with Crippen molar-refractivity contribution in [2.45, 2.75) is 24.4 Å². The van der Waals surface area contributed by atoms with Gasteiger partial charge in [0.15, 0.2) is 0 Å².